The number of nitrogens with zero attached hydrogens (tertiary/aromatic N) is 3. The lowest BCUT2D eigenvalue weighted by Crippen LogP contribution is -2.20. The van der Waals surface area contributed by atoms with Gasteiger partial charge >= 0.3 is 0 Å². The summed E-state index contributed by atoms with van der Waals surface area (Å²) < 4.78 is 5.44. The molecule has 7 heteroatoms. The Kier molecular flexibility index (Phi) is 4.72. The van der Waals surface area contributed by atoms with Crippen molar-refractivity contribution in [3.05, 3.63) is 77.8 Å². The van der Waals surface area contributed by atoms with Crippen LogP contribution in [-0.2, 0) is 4.79 Å². The molecule has 1 N–H and O–H groups in total. The zero-order chi connectivity index (χ0) is 18.6. The van der Waals surface area contributed by atoms with E-state index in [9.17, 15) is 4.79 Å². The standard InChI is InChI=1S/C20H15ClN4O2/c21-14-5-4-6-16(11-14)25-23-18-10-9-15(12-19(18)24-25)22-20(26)13-27-17-7-2-1-3-8-17/h1-12H,13H2,(H,22,26). The molecule has 0 bridgehead atoms. The normalized spacial score (nSPS) is 10.7. The molecule has 4 rings (SSSR count). The second-order valence-corrected chi connectivity index (χ2v) is 6.26. The van der Waals surface area contributed by atoms with E-state index < -0.39 is 0 Å². The number of aromatic nitrogens is 3. The number of halogens is 1. The molecule has 0 spiro atoms. The zero-order valence-corrected chi connectivity index (χ0v) is 14.9. The Morgan fingerprint density at radius 3 is 2.59 bits per heavy atom. The molecule has 6 nitrogen and oxygen atoms in total. The molecule has 0 unspecified atom stereocenters. The Bertz CT molecular complexity index is 1100. The van der Waals surface area contributed by atoms with Crippen LogP contribution < -0.4 is 10.1 Å². The van der Waals surface area contributed by atoms with Gasteiger partial charge in [0, 0.05) is 10.7 Å². The summed E-state index contributed by atoms with van der Waals surface area (Å²) in [5, 5.41) is 12.3. The van der Waals surface area contributed by atoms with Gasteiger partial charge in [-0.3, -0.25) is 4.79 Å². The van der Waals surface area contributed by atoms with Crippen molar-refractivity contribution < 1.29 is 9.53 Å². The lowest BCUT2D eigenvalue weighted by atomic mass is 10.3. The minimum atomic E-state index is -0.250. The number of hydrogen-bond donors (Lipinski definition) is 1. The molecule has 3 aromatic carbocycles. The van der Waals surface area contributed by atoms with Gasteiger partial charge in [0.2, 0.25) is 0 Å². The van der Waals surface area contributed by atoms with Gasteiger partial charge in [0.1, 0.15) is 16.8 Å². The van der Waals surface area contributed by atoms with E-state index in [0.717, 1.165) is 5.69 Å². The predicted molar refractivity (Wildman–Crippen MR) is 104 cm³/mol. The van der Waals surface area contributed by atoms with E-state index in [1.807, 2.05) is 30.3 Å². The van der Waals surface area contributed by atoms with Crippen molar-refractivity contribution in [3.8, 4) is 11.4 Å². The van der Waals surface area contributed by atoms with Gasteiger partial charge in [-0.1, -0.05) is 35.9 Å². The number of anilines is 1. The predicted octanol–water partition coefficient (Wildman–Crippen LogP) is 4.09. The smallest absolute Gasteiger partial charge is 0.262 e. The van der Waals surface area contributed by atoms with E-state index in [1.54, 1.807) is 42.5 Å². The number of carbonyl (C=O) groups is 1. The van der Waals surface area contributed by atoms with Gasteiger partial charge in [-0.05, 0) is 48.5 Å². The first-order valence-electron chi connectivity index (χ1n) is 8.28. The summed E-state index contributed by atoms with van der Waals surface area (Å²) in [6.07, 6.45) is 0. The van der Waals surface area contributed by atoms with Crippen LogP contribution in [0.2, 0.25) is 5.02 Å². The van der Waals surface area contributed by atoms with Gasteiger partial charge in [0.15, 0.2) is 6.61 Å². The molecule has 134 valence electrons. The van der Waals surface area contributed by atoms with Crippen molar-refractivity contribution in [2.45, 2.75) is 0 Å². The molecule has 0 saturated carbocycles. The first-order valence-corrected chi connectivity index (χ1v) is 8.66. The number of amides is 1. The number of carbonyl (C=O) groups excluding carboxylic acids is 1. The van der Waals surface area contributed by atoms with Crippen LogP contribution in [0.15, 0.2) is 72.8 Å². The maximum Gasteiger partial charge on any atom is 0.262 e. The maximum absolute atomic E-state index is 12.1. The van der Waals surface area contributed by atoms with E-state index >= 15 is 0 Å². The molecule has 4 aromatic rings. The van der Waals surface area contributed by atoms with Crippen molar-refractivity contribution in [3.63, 3.8) is 0 Å². The average Bonchev–Trinajstić information content (AvgIpc) is 3.11. The van der Waals surface area contributed by atoms with Gasteiger partial charge in [-0.25, -0.2) is 0 Å². The lowest BCUT2D eigenvalue weighted by Gasteiger charge is -2.07. The van der Waals surface area contributed by atoms with Crippen LogP contribution >= 0.6 is 11.6 Å². The summed E-state index contributed by atoms with van der Waals surface area (Å²) in [4.78, 5) is 13.6. The maximum atomic E-state index is 12.1. The fraction of sp³-hybridized carbons (Fsp3) is 0.0500. The summed E-state index contributed by atoms with van der Waals surface area (Å²) in [5.74, 6) is 0.396. The number of para-hydroxylation sites is 1. The van der Waals surface area contributed by atoms with Gasteiger partial charge in [-0.15, -0.1) is 10.2 Å². The summed E-state index contributed by atoms with van der Waals surface area (Å²) in [6, 6.07) is 21.8. The molecular weight excluding hydrogens is 364 g/mol. The Morgan fingerprint density at radius 1 is 0.963 bits per heavy atom. The fourth-order valence-electron chi connectivity index (χ4n) is 2.57. The van der Waals surface area contributed by atoms with Crippen molar-refractivity contribution in [2.24, 2.45) is 0 Å². The van der Waals surface area contributed by atoms with Gasteiger partial charge < -0.3 is 10.1 Å². The Balaban J connectivity index is 1.47. The van der Waals surface area contributed by atoms with Gasteiger partial charge in [0.05, 0.1) is 5.69 Å². The number of fused-ring (bicyclic) bond motifs is 1. The molecule has 0 atom stereocenters. The van der Waals surface area contributed by atoms with Crippen molar-refractivity contribution in [2.75, 3.05) is 11.9 Å². The Hall–Kier alpha value is -3.38. The summed E-state index contributed by atoms with van der Waals surface area (Å²) in [7, 11) is 0. The molecule has 1 aromatic heterocycles. The Morgan fingerprint density at radius 2 is 1.78 bits per heavy atom. The van der Waals surface area contributed by atoms with Crippen LogP contribution in [0.3, 0.4) is 0 Å². The van der Waals surface area contributed by atoms with Gasteiger partial charge in [-0.2, -0.15) is 4.80 Å². The Labute approximate surface area is 160 Å². The van der Waals surface area contributed by atoms with E-state index in [2.05, 4.69) is 15.5 Å². The topological polar surface area (TPSA) is 69.0 Å². The highest BCUT2D eigenvalue weighted by molar-refractivity contribution is 6.30. The second-order valence-electron chi connectivity index (χ2n) is 5.82. The molecule has 0 aliphatic carbocycles. The van der Waals surface area contributed by atoms with Crippen molar-refractivity contribution >= 4 is 34.2 Å². The van der Waals surface area contributed by atoms with Crippen LogP contribution in [-0.4, -0.2) is 27.5 Å². The minimum Gasteiger partial charge on any atom is -0.484 e. The minimum absolute atomic E-state index is 0.0722. The molecule has 0 aliphatic heterocycles. The van der Waals surface area contributed by atoms with Crippen molar-refractivity contribution in [1.82, 2.24) is 15.0 Å². The molecular formula is C20H15ClN4O2. The molecule has 27 heavy (non-hydrogen) atoms. The summed E-state index contributed by atoms with van der Waals surface area (Å²) in [5.41, 5.74) is 2.77. The molecule has 0 saturated heterocycles. The van der Waals surface area contributed by atoms with Gasteiger partial charge in [0.25, 0.3) is 5.91 Å². The average molecular weight is 379 g/mol. The first-order chi connectivity index (χ1) is 13.2. The third-order valence-corrected chi connectivity index (χ3v) is 4.05. The third-order valence-electron chi connectivity index (χ3n) is 3.82. The quantitative estimate of drug-likeness (QED) is 0.568. The number of nitrogens with one attached hydrogen (secondary N) is 1. The van der Waals surface area contributed by atoms with Crippen LogP contribution in [0.25, 0.3) is 16.7 Å². The zero-order valence-electron chi connectivity index (χ0n) is 14.2. The first kappa shape index (κ1) is 17.1. The monoisotopic (exact) mass is 378 g/mol. The van der Waals surface area contributed by atoms with Crippen LogP contribution in [0.1, 0.15) is 0 Å². The largest absolute Gasteiger partial charge is 0.484 e. The SMILES string of the molecule is O=C(COc1ccccc1)Nc1ccc2nn(-c3cccc(Cl)c3)nc2c1. The highest BCUT2D eigenvalue weighted by Gasteiger charge is 2.08. The van der Waals surface area contributed by atoms with E-state index in [0.29, 0.717) is 27.5 Å². The summed E-state index contributed by atoms with van der Waals surface area (Å²) in [6.45, 7) is -0.0722. The molecule has 0 aliphatic rings. The van der Waals surface area contributed by atoms with Crippen LogP contribution in [0, 0.1) is 0 Å². The molecule has 0 fully saturated rings. The number of hydrogen-bond acceptors (Lipinski definition) is 4. The number of rotatable bonds is 5. The number of benzene rings is 3. The summed E-state index contributed by atoms with van der Waals surface area (Å²) >= 11 is 6.02. The highest BCUT2D eigenvalue weighted by Crippen LogP contribution is 2.19. The van der Waals surface area contributed by atoms with Crippen LogP contribution in [0.4, 0.5) is 5.69 Å². The van der Waals surface area contributed by atoms with E-state index in [4.69, 9.17) is 16.3 Å². The fourth-order valence-corrected chi connectivity index (χ4v) is 2.76. The molecule has 1 heterocycles. The van der Waals surface area contributed by atoms with Crippen molar-refractivity contribution in [1.29, 1.82) is 0 Å². The molecule has 1 amide bonds. The van der Waals surface area contributed by atoms with E-state index in [-0.39, 0.29) is 12.5 Å². The molecule has 0 radical (unpaired) electrons. The highest BCUT2D eigenvalue weighted by atomic mass is 35.5. The second kappa shape index (κ2) is 7.47. The van der Waals surface area contributed by atoms with E-state index in [1.165, 1.54) is 4.80 Å². The van der Waals surface area contributed by atoms with Crippen LogP contribution in [0.5, 0.6) is 5.75 Å². The third kappa shape index (κ3) is 4.07. The lowest BCUT2D eigenvalue weighted by molar-refractivity contribution is -0.118. The number of ether oxygens (including phenoxy) is 1.